The Morgan fingerprint density at radius 3 is 2.45 bits per heavy atom. The number of thiophene rings is 1. The third-order valence-corrected chi connectivity index (χ3v) is 5.45. The molecule has 0 aliphatic carbocycles. The van der Waals surface area contributed by atoms with Crippen LogP contribution in [0.4, 0.5) is 0 Å². The summed E-state index contributed by atoms with van der Waals surface area (Å²) >= 11 is 4.54. The summed E-state index contributed by atoms with van der Waals surface area (Å²) in [4.78, 5) is 36.3. The van der Waals surface area contributed by atoms with E-state index in [0.717, 1.165) is 3.79 Å². The van der Waals surface area contributed by atoms with E-state index in [1.165, 1.54) is 11.3 Å². The van der Waals surface area contributed by atoms with Crippen LogP contribution in [0.1, 0.15) is 36.0 Å². The van der Waals surface area contributed by atoms with Crippen LogP contribution in [-0.4, -0.2) is 17.7 Å². The van der Waals surface area contributed by atoms with Crippen LogP contribution in [0.5, 0.6) is 5.75 Å². The van der Waals surface area contributed by atoms with Crippen LogP contribution in [0.3, 0.4) is 0 Å². The van der Waals surface area contributed by atoms with Gasteiger partial charge in [-0.05, 0) is 57.9 Å². The van der Waals surface area contributed by atoms with E-state index in [4.69, 9.17) is 10.5 Å². The Morgan fingerprint density at radius 1 is 0.966 bits per heavy atom. The predicted molar refractivity (Wildman–Crippen MR) is 113 cm³/mol. The molecule has 0 unspecified atom stereocenters. The molecule has 7 nitrogen and oxygen atoms in total. The van der Waals surface area contributed by atoms with E-state index in [1.54, 1.807) is 60.7 Å². The minimum atomic E-state index is -0.581. The number of benzene rings is 2. The smallest absolute Gasteiger partial charge is 0.279 e. The van der Waals surface area contributed by atoms with Crippen molar-refractivity contribution in [3.63, 3.8) is 0 Å². The Hall–Kier alpha value is -3.17. The Balaban J connectivity index is 1.61. The highest BCUT2D eigenvalue weighted by atomic mass is 79.9. The minimum absolute atomic E-state index is 0.140. The maximum absolute atomic E-state index is 12.3. The van der Waals surface area contributed by atoms with E-state index < -0.39 is 17.7 Å². The number of ether oxygens (including phenoxy) is 1. The van der Waals surface area contributed by atoms with Crippen molar-refractivity contribution in [2.45, 2.75) is 6.61 Å². The molecule has 0 aliphatic rings. The van der Waals surface area contributed by atoms with E-state index in [1.807, 2.05) is 0 Å². The van der Waals surface area contributed by atoms with Crippen LogP contribution in [0.15, 0.2) is 64.5 Å². The van der Waals surface area contributed by atoms with E-state index in [0.29, 0.717) is 21.8 Å². The lowest BCUT2D eigenvalue weighted by atomic mass is 10.1. The molecule has 0 atom stereocenters. The van der Waals surface area contributed by atoms with Gasteiger partial charge in [0.05, 0.1) is 14.2 Å². The third-order valence-electron chi connectivity index (χ3n) is 3.82. The maximum atomic E-state index is 12.3. The average Bonchev–Trinajstić information content (AvgIpc) is 3.17. The lowest BCUT2D eigenvalue weighted by Gasteiger charge is -2.11. The summed E-state index contributed by atoms with van der Waals surface area (Å²) in [6, 6.07) is 16.8. The molecule has 4 N–H and O–H groups in total. The molecule has 29 heavy (non-hydrogen) atoms. The number of nitrogens with one attached hydrogen (secondary N) is 2. The van der Waals surface area contributed by atoms with E-state index in [9.17, 15) is 14.4 Å². The normalized spacial score (nSPS) is 10.2. The maximum Gasteiger partial charge on any atom is 0.279 e. The molecule has 3 aromatic rings. The third kappa shape index (κ3) is 5.43. The van der Waals surface area contributed by atoms with Crippen molar-refractivity contribution in [1.29, 1.82) is 0 Å². The van der Waals surface area contributed by atoms with Gasteiger partial charge in [0, 0.05) is 5.56 Å². The molecule has 0 saturated heterocycles. The fourth-order valence-corrected chi connectivity index (χ4v) is 3.72. The molecule has 3 amide bonds. The quantitative estimate of drug-likeness (QED) is 0.477. The van der Waals surface area contributed by atoms with Gasteiger partial charge in [0.1, 0.15) is 12.4 Å². The second kappa shape index (κ2) is 9.35. The summed E-state index contributed by atoms with van der Waals surface area (Å²) in [6.07, 6.45) is 0. The zero-order valence-corrected chi connectivity index (χ0v) is 17.4. The van der Waals surface area contributed by atoms with E-state index >= 15 is 0 Å². The Morgan fingerprint density at radius 2 is 1.72 bits per heavy atom. The molecule has 2 aromatic carbocycles. The molecule has 0 saturated carbocycles. The summed E-state index contributed by atoms with van der Waals surface area (Å²) in [5.74, 6) is -1.09. The lowest BCUT2D eigenvalue weighted by Crippen LogP contribution is -2.41. The highest BCUT2D eigenvalue weighted by Gasteiger charge is 2.12. The molecule has 1 heterocycles. The number of carbonyl (C=O) groups excluding carboxylic acids is 3. The number of hydrogen-bond acceptors (Lipinski definition) is 5. The molecule has 0 spiro atoms. The molecular formula is C20H16BrN3O4S. The molecular weight excluding hydrogens is 458 g/mol. The zero-order chi connectivity index (χ0) is 20.8. The van der Waals surface area contributed by atoms with Crippen LogP contribution in [0.2, 0.25) is 0 Å². The van der Waals surface area contributed by atoms with Gasteiger partial charge in [0.15, 0.2) is 0 Å². The molecule has 0 bridgehead atoms. The first-order chi connectivity index (χ1) is 13.9. The summed E-state index contributed by atoms with van der Waals surface area (Å²) in [6.45, 7) is 0.140. The Labute approximate surface area is 179 Å². The molecule has 9 heteroatoms. The van der Waals surface area contributed by atoms with Gasteiger partial charge in [0.2, 0.25) is 0 Å². The number of amides is 3. The Bertz CT molecular complexity index is 1070. The van der Waals surface area contributed by atoms with Gasteiger partial charge in [-0.2, -0.15) is 0 Å². The van der Waals surface area contributed by atoms with Crippen LogP contribution in [-0.2, 0) is 6.61 Å². The number of nitrogens with two attached hydrogens (primary N) is 1. The molecule has 1 aromatic heterocycles. The SMILES string of the molecule is NC(=O)c1ccccc1OCc1cccc(C(=O)NNC(=O)c2ccc(Br)s2)c1. The number of rotatable bonds is 6. The van der Waals surface area contributed by atoms with Gasteiger partial charge in [-0.15, -0.1) is 11.3 Å². The monoisotopic (exact) mass is 473 g/mol. The van der Waals surface area contributed by atoms with Gasteiger partial charge in [-0.3, -0.25) is 25.2 Å². The molecule has 148 valence electrons. The Kier molecular flexibility index (Phi) is 6.63. The van der Waals surface area contributed by atoms with Crippen molar-refractivity contribution in [2.75, 3.05) is 0 Å². The van der Waals surface area contributed by atoms with Gasteiger partial charge in [-0.1, -0.05) is 24.3 Å². The van der Waals surface area contributed by atoms with Crippen LogP contribution in [0.25, 0.3) is 0 Å². The van der Waals surface area contributed by atoms with Crippen molar-refractivity contribution in [3.8, 4) is 5.75 Å². The van der Waals surface area contributed by atoms with Gasteiger partial charge >= 0.3 is 0 Å². The van der Waals surface area contributed by atoms with E-state index in [2.05, 4.69) is 26.8 Å². The van der Waals surface area contributed by atoms with E-state index in [-0.39, 0.29) is 12.2 Å². The zero-order valence-electron chi connectivity index (χ0n) is 15.0. The largest absolute Gasteiger partial charge is 0.488 e. The van der Waals surface area contributed by atoms with Crippen LogP contribution in [0, 0.1) is 0 Å². The van der Waals surface area contributed by atoms with Crippen LogP contribution >= 0.6 is 27.3 Å². The minimum Gasteiger partial charge on any atom is -0.488 e. The fourth-order valence-electron chi connectivity index (χ4n) is 2.44. The average molecular weight is 474 g/mol. The molecule has 0 radical (unpaired) electrons. The second-order valence-electron chi connectivity index (χ2n) is 5.86. The highest BCUT2D eigenvalue weighted by molar-refractivity contribution is 9.11. The number of carbonyl (C=O) groups is 3. The summed E-state index contributed by atoms with van der Waals surface area (Å²) in [7, 11) is 0. The van der Waals surface area contributed by atoms with Crippen molar-refractivity contribution in [3.05, 3.63) is 86.0 Å². The number of primary amides is 1. The number of hydrogen-bond donors (Lipinski definition) is 3. The molecule has 0 aliphatic heterocycles. The summed E-state index contributed by atoms with van der Waals surface area (Å²) in [5, 5.41) is 0. The van der Waals surface area contributed by atoms with Crippen molar-refractivity contribution in [2.24, 2.45) is 5.73 Å². The second-order valence-corrected chi connectivity index (χ2v) is 8.32. The molecule has 0 fully saturated rings. The summed E-state index contributed by atoms with van der Waals surface area (Å²) < 4.78 is 6.49. The van der Waals surface area contributed by atoms with Crippen molar-refractivity contribution >= 4 is 45.0 Å². The lowest BCUT2D eigenvalue weighted by molar-refractivity contribution is 0.0849. The number of para-hydroxylation sites is 1. The summed E-state index contributed by atoms with van der Waals surface area (Å²) in [5.41, 5.74) is 11.4. The topological polar surface area (TPSA) is 111 Å². The van der Waals surface area contributed by atoms with Crippen molar-refractivity contribution < 1.29 is 19.1 Å². The first kappa shape index (κ1) is 20.6. The highest BCUT2D eigenvalue weighted by Crippen LogP contribution is 2.22. The first-order valence-electron chi connectivity index (χ1n) is 8.40. The van der Waals surface area contributed by atoms with Gasteiger partial charge in [0.25, 0.3) is 17.7 Å². The van der Waals surface area contributed by atoms with Crippen LogP contribution < -0.4 is 21.3 Å². The molecule has 3 rings (SSSR count). The number of halogens is 1. The van der Waals surface area contributed by atoms with Gasteiger partial charge < -0.3 is 10.5 Å². The van der Waals surface area contributed by atoms with Gasteiger partial charge in [-0.25, -0.2) is 0 Å². The fraction of sp³-hybridized carbons (Fsp3) is 0.0500. The predicted octanol–water partition coefficient (Wildman–Crippen LogP) is 3.26. The standard InChI is InChI=1S/C20H16BrN3O4S/c21-17-9-8-16(29-17)20(27)24-23-19(26)13-5-3-4-12(10-13)11-28-15-7-2-1-6-14(15)18(22)25/h1-10H,11H2,(H2,22,25)(H,23,26)(H,24,27). The first-order valence-corrected chi connectivity index (χ1v) is 10.0. The van der Waals surface area contributed by atoms with Crippen molar-refractivity contribution in [1.82, 2.24) is 10.9 Å². The number of hydrazine groups is 1.